The highest BCUT2D eigenvalue weighted by Crippen LogP contribution is 2.05. The summed E-state index contributed by atoms with van der Waals surface area (Å²) in [5.41, 5.74) is 2.60. The molecule has 0 aliphatic heterocycles. The highest BCUT2D eigenvalue weighted by atomic mass is 16.5. The number of nitrogens with one attached hydrogen (secondary N) is 1. The molecule has 1 aromatic rings. The molecular formula is C11H17NO. The van der Waals surface area contributed by atoms with E-state index >= 15 is 0 Å². The summed E-state index contributed by atoms with van der Waals surface area (Å²) in [7, 11) is 3.69. The van der Waals surface area contributed by atoms with Crippen LogP contribution in [0.3, 0.4) is 0 Å². The van der Waals surface area contributed by atoms with Gasteiger partial charge in [-0.05, 0) is 31.1 Å². The van der Waals surface area contributed by atoms with Gasteiger partial charge in [0.25, 0.3) is 0 Å². The number of hydrogen-bond acceptors (Lipinski definition) is 2. The van der Waals surface area contributed by atoms with Gasteiger partial charge >= 0.3 is 0 Å². The maximum atomic E-state index is 5.04. The van der Waals surface area contributed by atoms with Gasteiger partial charge in [0.05, 0.1) is 6.61 Å². The van der Waals surface area contributed by atoms with Gasteiger partial charge in [-0.15, -0.1) is 0 Å². The van der Waals surface area contributed by atoms with Crippen molar-refractivity contribution in [3.8, 4) is 0 Å². The number of rotatable bonds is 5. The molecular weight excluding hydrogens is 162 g/mol. The topological polar surface area (TPSA) is 21.3 Å². The maximum absolute atomic E-state index is 5.04. The van der Waals surface area contributed by atoms with Crippen LogP contribution in [-0.2, 0) is 17.8 Å². The Kier molecular flexibility index (Phi) is 4.50. The van der Waals surface area contributed by atoms with Crippen LogP contribution in [-0.4, -0.2) is 20.7 Å². The molecule has 0 bridgehead atoms. The molecule has 1 aromatic carbocycles. The van der Waals surface area contributed by atoms with Crippen molar-refractivity contribution in [3.63, 3.8) is 0 Å². The monoisotopic (exact) mass is 179 g/mol. The summed E-state index contributed by atoms with van der Waals surface area (Å²) >= 11 is 0. The van der Waals surface area contributed by atoms with Gasteiger partial charge in [0, 0.05) is 7.11 Å². The lowest BCUT2D eigenvalue weighted by Gasteiger charge is -2.02. The van der Waals surface area contributed by atoms with E-state index in [-0.39, 0.29) is 0 Å². The van der Waals surface area contributed by atoms with Crippen molar-refractivity contribution in [1.29, 1.82) is 0 Å². The minimum atomic E-state index is 0.701. The maximum Gasteiger partial charge on any atom is 0.0713 e. The molecule has 0 atom stereocenters. The Labute approximate surface area is 79.9 Å². The zero-order valence-corrected chi connectivity index (χ0v) is 8.34. The molecule has 0 saturated carbocycles. The molecule has 72 valence electrons. The molecule has 0 aromatic heterocycles. The predicted octanol–water partition coefficient (Wildman–Crippen LogP) is 1.59. The standard InChI is InChI=1S/C11H17NO/c1-12-8-7-10-3-5-11(6-4-10)9-13-2/h3-6,12H,7-9H2,1-2H3. The lowest BCUT2D eigenvalue weighted by Crippen LogP contribution is -2.10. The van der Waals surface area contributed by atoms with Crippen molar-refractivity contribution in [2.45, 2.75) is 13.0 Å². The Bertz CT molecular complexity index is 230. The first kappa shape index (κ1) is 10.2. The lowest BCUT2D eigenvalue weighted by atomic mass is 10.1. The third-order valence-corrected chi connectivity index (χ3v) is 2.00. The predicted molar refractivity (Wildman–Crippen MR) is 54.8 cm³/mol. The highest BCUT2D eigenvalue weighted by Gasteiger charge is 1.93. The van der Waals surface area contributed by atoms with Crippen molar-refractivity contribution in [3.05, 3.63) is 35.4 Å². The average Bonchev–Trinajstić information content (AvgIpc) is 2.17. The number of methoxy groups -OCH3 is 1. The Hall–Kier alpha value is -0.860. The van der Waals surface area contributed by atoms with Gasteiger partial charge in [-0.1, -0.05) is 24.3 Å². The molecule has 0 radical (unpaired) electrons. The van der Waals surface area contributed by atoms with E-state index in [1.807, 2.05) is 7.05 Å². The molecule has 1 N–H and O–H groups in total. The van der Waals surface area contributed by atoms with Crippen molar-refractivity contribution in [2.24, 2.45) is 0 Å². The summed E-state index contributed by atoms with van der Waals surface area (Å²) in [6, 6.07) is 8.56. The summed E-state index contributed by atoms with van der Waals surface area (Å²) in [4.78, 5) is 0. The summed E-state index contributed by atoms with van der Waals surface area (Å²) in [6.45, 7) is 1.73. The molecule has 13 heavy (non-hydrogen) atoms. The first-order chi connectivity index (χ1) is 6.36. The number of likely N-dealkylation sites (N-methyl/N-ethyl adjacent to an activating group) is 1. The number of ether oxygens (including phenoxy) is 1. The molecule has 0 aliphatic rings. The van der Waals surface area contributed by atoms with Crippen molar-refractivity contribution in [2.75, 3.05) is 20.7 Å². The van der Waals surface area contributed by atoms with Gasteiger partial charge in [-0.2, -0.15) is 0 Å². The number of benzene rings is 1. The minimum Gasteiger partial charge on any atom is -0.380 e. The second-order valence-electron chi connectivity index (χ2n) is 3.10. The van der Waals surface area contributed by atoms with Crippen LogP contribution in [0.1, 0.15) is 11.1 Å². The van der Waals surface area contributed by atoms with Gasteiger partial charge in [0.2, 0.25) is 0 Å². The molecule has 0 heterocycles. The molecule has 2 nitrogen and oxygen atoms in total. The summed E-state index contributed by atoms with van der Waals surface area (Å²) in [6.07, 6.45) is 1.09. The second kappa shape index (κ2) is 5.73. The van der Waals surface area contributed by atoms with E-state index in [0.717, 1.165) is 13.0 Å². The van der Waals surface area contributed by atoms with Crippen molar-refractivity contribution >= 4 is 0 Å². The molecule has 0 saturated heterocycles. The SMILES string of the molecule is CNCCc1ccc(COC)cc1. The van der Waals surface area contributed by atoms with Crippen LogP contribution in [0, 0.1) is 0 Å². The smallest absolute Gasteiger partial charge is 0.0713 e. The quantitative estimate of drug-likeness (QED) is 0.741. The molecule has 2 heteroatoms. The van der Waals surface area contributed by atoms with Crippen LogP contribution in [0.2, 0.25) is 0 Å². The first-order valence-corrected chi connectivity index (χ1v) is 4.58. The zero-order valence-electron chi connectivity index (χ0n) is 8.34. The molecule has 0 fully saturated rings. The fourth-order valence-corrected chi connectivity index (χ4v) is 1.24. The third kappa shape index (κ3) is 3.57. The van der Waals surface area contributed by atoms with E-state index in [2.05, 4.69) is 29.6 Å². The van der Waals surface area contributed by atoms with Crippen LogP contribution in [0.5, 0.6) is 0 Å². The van der Waals surface area contributed by atoms with Crippen LogP contribution in [0.25, 0.3) is 0 Å². The Morgan fingerprint density at radius 3 is 2.31 bits per heavy atom. The molecule has 0 aliphatic carbocycles. The summed E-state index contributed by atoms with van der Waals surface area (Å²) in [5, 5.41) is 3.13. The van der Waals surface area contributed by atoms with E-state index in [0.29, 0.717) is 6.61 Å². The molecule has 0 spiro atoms. The van der Waals surface area contributed by atoms with E-state index in [1.165, 1.54) is 11.1 Å². The Morgan fingerprint density at radius 2 is 1.77 bits per heavy atom. The van der Waals surface area contributed by atoms with E-state index in [4.69, 9.17) is 4.74 Å². The summed E-state index contributed by atoms with van der Waals surface area (Å²) < 4.78 is 5.04. The Balaban J connectivity index is 2.48. The first-order valence-electron chi connectivity index (χ1n) is 4.58. The normalized spacial score (nSPS) is 10.3. The van der Waals surface area contributed by atoms with Gasteiger partial charge in [0.15, 0.2) is 0 Å². The van der Waals surface area contributed by atoms with E-state index < -0.39 is 0 Å². The Morgan fingerprint density at radius 1 is 1.15 bits per heavy atom. The van der Waals surface area contributed by atoms with Gasteiger partial charge in [-0.25, -0.2) is 0 Å². The molecule has 0 amide bonds. The molecule has 1 rings (SSSR count). The van der Waals surface area contributed by atoms with Crippen molar-refractivity contribution in [1.82, 2.24) is 5.32 Å². The highest BCUT2D eigenvalue weighted by molar-refractivity contribution is 5.22. The van der Waals surface area contributed by atoms with Gasteiger partial charge in [-0.3, -0.25) is 0 Å². The van der Waals surface area contributed by atoms with Crippen LogP contribution < -0.4 is 5.32 Å². The van der Waals surface area contributed by atoms with Crippen LogP contribution >= 0.6 is 0 Å². The van der Waals surface area contributed by atoms with Crippen LogP contribution in [0.4, 0.5) is 0 Å². The zero-order chi connectivity index (χ0) is 9.52. The minimum absolute atomic E-state index is 0.701. The lowest BCUT2D eigenvalue weighted by molar-refractivity contribution is 0.185. The van der Waals surface area contributed by atoms with Crippen molar-refractivity contribution < 1.29 is 4.74 Å². The second-order valence-corrected chi connectivity index (χ2v) is 3.10. The largest absolute Gasteiger partial charge is 0.380 e. The van der Waals surface area contributed by atoms with E-state index in [1.54, 1.807) is 7.11 Å². The van der Waals surface area contributed by atoms with Gasteiger partial charge in [0.1, 0.15) is 0 Å². The molecule has 0 unspecified atom stereocenters. The fourth-order valence-electron chi connectivity index (χ4n) is 1.24. The van der Waals surface area contributed by atoms with Gasteiger partial charge < -0.3 is 10.1 Å². The number of hydrogen-bond donors (Lipinski definition) is 1. The summed E-state index contributed by atoms with van der Waals surface area (Å²) in [5.74, 6) is 0. The van der Waals surface area contributed by atoms with E-state index in [9.17, 15) is 0 Å². The third-order valence-electron chi connectivity index (χ3n) is 2.00. The average molecular weight is 179 g/mol. The van der Waals surface area contributed by atoms with Crippen LogP contribution in [0.15, 0.2) is 24.3 Å². The fraction of sp³-hybridized carbons (Fsp3) is 0.455.